The molecule has 0 saturated heterocycles. The molecule has 0 aliphatic rings. The van der Waals surface area contributed by atoms with Crippen molar-refractivity contribution >= 4 is 17.4 Å². The molecule has 29 heavy (non-hydrogen) atoms. The third-order valence-corrected chi connectivity index (χ3v) is 11.5. The predicted molar refractivity (Wildman–Crippen MR) is 122 cm³/mol. The first-order valence-corrected chi connectivity index (χ1v) is 14.2. The Hall–Kier alpha value is -1.09. The fraction of sp³-hybridized carbons (Fsp3) is 0.478. The van der Waals surface area contributed by atoms with E-state index in [-0.39, 0.29) is 17.3 Å². The lowest BCUT2D eigenvalue weighted by molar-refractivity contribution is -0.00000958. The first kappa shape index (κ1) is 25.9. The second-order valence-electron chi connectivity index (χ2n) is 7.67. The van der Waals surface area contributed by atoms with Gasteiger partial charge in [0.05, 0.1) is 24.6 Å². The van der Waals surface area contributed by atoms with Crippen LogP contribution in [0.5, 0.6) is 5.75 Å². The Labute approximate surface area is 184 Å². The van der Waals surface area contributed by atoms with Crippen molar-refractivity contribution in [1.82, 2.24) is 0 Å². The van der Waals surface area contributed by atoms with Crippen LogP contribution in [0.1, 0.15) is 51.2 Å². The molecule has 0 radical (unpaired) electrons. The number of aryl methyl sites for hydroxylation is 1. The summed E-state index contributed by atoms with van der Waals surface area (Å²) in [6.45, 7) is 8.78. The zero-order valence-corrected chi connectivity index (χ0v) is 20.5. The summed E-state index contributed by atoms with van der Waals surface area (Å²) in [6, 6.07) is 14.4. The highest BCUT2D eigenvalue weighted by Crippen LogP contribution is 2.62. The molecule has 0 aliphatic carbocycles. The molecule has 0 aliphatic heterocycles. The minimum Gasteiger partial charge on any atom is -1.00 e. The Balaban J connectivity index is 0.00000420. The number of rotatable bonds is 11. The van der Waals surface area contributed by atoms with Gasteiger partial charge < -0.3 is 16.6 Å². The summed E-state index contributed by atoms with van der Waals surface area (Å²) in [5, 5.41) is 0. The van der Waals surface area contributed by atoms with Gasteiger partial charge in [0.1, 0.15) is 10.6 Å². The third-order valence-electron chi connectivity index (χ3n) is 5.05. The molecule has 3 nitrogen and oxygen atoms in total. The van der Waals surface area contributed by atoms with Crippen LogP contribution >= 0.6 is 7.26 Å². The minimum atomic E-state index is -3.80. The van der Waals surface area contributed by atoms with Gasteiger partial charge in [-0.25, -0.2) is 0 Å². The Kier molecular flexibility index (Phi) is 10.7. The van der Waals surface area contributed by atoms with Gasteiger partial charge in [0.2, 0.25) is 0 Å². The van der Waals surface area contributed by atoms with Gasteiger partial charge in [-0.3, -0.25) is 0 Å². The third kappa shape index (κ3) is 7.59. The molecular formula is C23H34ClO3PS. The van der Waals surface area contributed by atoms with Gasteiger partial charge in [-0.05, 0) is 56.0 Å². The molecule has 6 heteroatoms. The van der Waals surface area contributed by atoms with Crippen LogP contribution in [-0.2, 0) is 16.3 Å². The van der Waals surface area contributed by atoms with Gasteiger partial charge in [-0.1, -0.05) is 50.6 Å². The average Bonchev–Trinajstić information content (AvgIpc) is 2.64. The van der Waals surface area contributed by atoms with Crippen molar-refractivity contribution in [2.24, 2.45) is 0 Å². The monoisotopic (exact) mass is 456 g/mol. The standard InChI is InChI=1S/C23H34O3PS.ClH/c1-5-16-27(17-6-2,18-7-3)19-21-10-12-22(13-11-21)26-28(24,25)23-14-8-20(4)9-15-23;/h8-15H,5-7,16-19H2,1-4H3;1H/q+1;/p-1. The van der Waals surface area contributed by atoms with Gasteiger partial charge in [-0.2, -0.15) is 8.42 Å². The van der Waals surface area contributed by atoms with Crippen LogP contribution in [0.15, 0.2) is 53.4 Å². The van der Waals surface area contributed by atoms with Crippen LogP contribution in [0.3, 0.4) is 0 Å². The number of benzene rings is 2. The van der Waals surface area contributed by atoms with Crippen LogP contribution in [0.4, 0.5) is 0 Å². The first-order chi connectivity index (χ1) is 13.3. The molecule has 2 rings (SSSR count). The summed E-state index contributed by atoms with van der Waals surface area (Å²) in [7, 11) is -4.78. The Morgan fingerprint density at radius 2 is 1.28 bits per heavy atom. The zero-order valence-electron chi connectivity index (χ0n) is 18.0. The number of hydrogen-bond acceptors (Lipinski definition) is 3. The van der Waals surface area contributed by atoms with Crippen LogP contribution < -0.4 is 16.6 Å². The van der Waals surface area contributed by atoms with Gasteiger partial charge >= 0.3 is 10.1 Å². The van der Waals surface area contributed by atoms with Crippen molar-refractivity contribution in [2.75, 3.05) is 18.5 Å². The van der Waals surface area contributed by atoms with Crippen LogP contribution in [0, 0.1) is 6.92 Å². The van der Waals surface area contributed by atoms with Crippen molar-refractivity contribution in [3.63, 3.8) is 0 Å². The molecule has 2 aromatic carbocycles. The molecule has 0 atom stereocenters. The van der Waals surface area contributed by atoms with Crippen molar-refractivity contribution in [3.8, 4) is 5.75 Å². The van der Waals surface area contributed by atoms with Crippen molar-refractivity contribution in [2.45, 2.75) is 58.0 Å². The highest BCUT2D eigenvalue weighted by molar-refractivity contribution is 7.87. The van der Waals surface area contributed by atoms with E-state index in [1.54, 1.807) is 36.4 Å². The van der Waals surface area contributed by atoms with E-state index in [0.717, 1.165) is 11.7 Å². The van der Waals surface area contributed by atoms with E-state index in [1.807, 2.05) is 19.1 Å². The van der Waals surface area contributed by atoms with Crippen LogP contribution in [0.25, 0.3) is 0 Å². The average molecular weight is 457 g/mol. The Morgan fingerprint density at radius 3 is 1.72 bits per heavy atom. The molecule has 2 aromatic rings. The Morgan fingerprint density at radius 1 is 0.793 bits per heavy atom. The molecule has 0 spiro atoms. The fourth-order valence-electron chi connectivity index (χ4n) is 3.91. The van der Waals surface area contributed by atoms with Crippen LogP contribution in [0.2, 0.25) is 0 Å². The maximum atomic E-state index is 12.5. The van der Waals surface area contributed by atoms with Crippen molar-refractivity contribution in [3.05, 3.63) is 59.7 Å². The summed E-state index contributed by atoms with van der Waals surface area (Å²) < 4.78 is 30.3. The molecule has 0 unspecified atom stereocenters. The number of hydrogen-bond donors (Lipinski definition) is 0. The predicted octanol–water partition coefficient (Wildman–Crippen LogP) is 3.51. The quantitative estimate of drug-likeness (QED) is 0.384. The molecule has 0 fully saturated rings. The van der Waals surface area contributed by atoms with Crippen LogP contribution in [-0.4, -0.2) is 26.9 Å². The lowest BCUT2D eigenvalue weighted by Crippen LogP contribution is -3.00. The molecular weight excluding hydrogens is 423 g/mol. The van der Waals surface area contributed by atoms with E-state index in [2.05, 4.69) is 20.8 Å². The summed E-state index contributed by atoms with van der Waals surface area (Å²) in [4.78, 5) is 0.181. The zero-order chi connectivity index (χ0) is 20.6. The molecule has 0 heterocycles. The SMILES string of the molecule is CCC[P+](CCC)(CCC)Cc1ccc(OS(=O)(=O)c2ccc(C)cc2)cc1.[Cl-]. The summed E-state index contributed by atoms with van der Waals surface area (Å²) in [6.07, 6.45) is 8.89. The molecule has 0 bridgehead atoms. The molecule has 0 saturated carbocycles. The first-order valence-electron chi connectivity index (χ1n) is 10.3. The van der Waals surface area contributed by atoms with E-state index >= 15 is 0 Å². The molecule has 0 aromatic heterocycles. The highest BCUT2D eigenvalue weighted by atomic mass is 35.5. The molecule has 0 N–H and O–H groups in total. The van der Waals surface area contributed by atoms with E-state index in [9.17, 15) is 8.42 Å². The minimum absolute atomic E-state index is 0. The van der Waals surface area contributed by atoms with E-state index in [0.29, 0.717) is 5.75 Å². The van der Waals surface area contributed by atoms with Crippen molar-refractivity contribution in [1.29, 1.82) is 0 Å². The second-order valence-corrected chi connectivity index (χ2v) is 13.6. The summed E-state index contributed by atoms with van der Waals surface area (Å²) in [5.41, 5.74) is 2.31. The lowest BCUT2D eigenvalue weighted by atomic mass is 10.2. The van der Waals surface area contributed by atoms with Crippen molar-refractivity contribution < 1.29 is 25.0 Å². The molecule has 162 valence electrons. The van der Waals surface area contributed by atoms with Gasteiger partial charge in [0, 0.05) is 7.26 Å². The van der Waals surface area contributed by atoms with Gasteiger partial charge in [-0.15, -0.1) is 0 Å². The number of halogens is 1. The summed E-state index contributed by atoms with van der Waals surface area (Å²) >= 11 is 0. The van der Waals surface area contributed by atoms with E-state index in [1.165, 1.54) is 43.3 Å². The normalized spacial score (nSPS) is 11.7. The highest BCUT2D eigenvalue weighted by Gasteiger charge is 2.34. The largest absolute Gasteiger partial charge is 1.00 e. The maximum Gasteiger partial charge on any atom is 0.339 e. The lowest BCUT2D eigenvalue weighted by Gasteiger charge is -2.27. The topological polar surface area (TPSA) is 43.4 Å². The van der Waals surface area contributed by atoms with Gasteiger partial charge in [0.15, 0.2) is 0 Å². The summed E-state index contributed by atoms with van der Waals surface area (Å²) in [5.74, 6) is 0.370. The Bertz CT molecular complexity index is 816. The molecule has 0 amide bonds. The second kappa shape index (κ2) is 11.9. The maximum absolute atomic E-state index is 12.5. The fourth-order valence-corrected chi connectivity index (χ4v) is 9.82. The smallest absolute Gasteiger partial charge is 0.339 e. The van der Waals surface area contributed by atoms with E-state index in [4.69, 9.17) is 4.18 Å². The van der Waals surface area contributed by atoms with Gasteiger partial charge in [0.25, 0.3) is 0 Å². The van der Waals surface area contributed by atoms with E-state index < -0.39 is 17.4 Å².